The molecule has 5 nitrogen and oxygen atoms in total. The Morgan fingerprint density at radius 1 is 1.09 bits per heavy atom. The van der Waals surface area contributed by atoms with Crippen molar-refractivity contribution in [1.82, 2.24) is 5.32 Å². The van der Waals surface area contributed by atoms with Gasteiger partial charge in [0.15, 0.2) is 0 Å². The summed E-state index contributed by atoms with van der Waals surface area (Å²) in [6, 6.07) is 12.7. The molecule has 0 aliphatic carbocycles. The molecule has 0 atom stereocenters. The van der Waals surface area contributed by atoms with Crippen LogP contribution >= 0.6 is 0 Å². The van der Waals surface area contributed by atoms with Gasteiger partial charge in [-0.05, 0) is 42.3 Å². The van der Waals surface area contributed by atoms with Crippen LogP contribution in [-0.4, -0.2) is 31.8 Å². The van der Waals surface area contributed by atoms with Gasteiger partial charge in [-0.25, -0.2) is 4.79 Å². The topological polar surface area (TPSA) is 67.8 Å². The summed E-state index contributed by atoms with van der Waals surface area (Å²) in [6.45, 7) is 1.49. The van der Waals surface area contributed by atoms with Crippen molar-refractivity contribution in [3.8, 4) is 11.5 Å². The summed E-state index contributed by atoms with van der Waals surface area (Å²) in [5.74, 6) is 0.685. The summed E-state index contributed by atoms with van der Waals surface area (Å²) >= 11 is 0. The van der Waals surface area contributed by atoms with Gasteiger partial charge in [0.25, 0.3) is 0 Å². The van der Waals surface area contributed by atoms with Crippen molar-refractivity contribution in [2.45, 2.75) is 13.0 Å². The zero-order valence-electron chi connectivity index (χ0n) is 13.3. The number of ether oxygens (including phenoxy) is 2. The zero-order chi connectivity index (χ0) is 16.7. The first kappa shape index (κ1) is 16.8. The first-order valence-electron chi connectivity index (χ1n) is 7.38. The molecule has 23 heavy (non-hydrogen) atoms. The van der Waals surface area contributed by atoms with E-state index in [1.165, 1.54) is 0 Å². The monoisotopic (exact) mass is 315 g/mol. The number of carboxylic acid groups (broad SMARTS) is 1. The Hall–Kier alpha value is -2.53. The lowest BCUT2D eigenvalue weighted by atomic mass is 10.1. The smallest absolute Gasteiger partial charge is 0.335 e. The minimum absolute atomic E-state index is 0.303. The van der Waals surface area contributed by atoms with Crippen LogP contribution in [0.25, 0.3) is 0 Å². The molecule has 0 radical (unpaired) electrons. The highest BCUT2D eigenvalue weighted by Crippen LogP contribution is 2.24. The maximum atomic E-state index is 10.8. The number of hydrogen-bond acceptors (Lipinski definition) is 4. The summed E-state index contributed by atoms with van der Waals surface area (Å²) in [5, 5.41) is 12.2. The largest absolute Gasteiger partial charge is 0.497 e. The van der Waals surface area contributed by atoms with Crippen molar-refractivity contribution in [3.05, 3.63) is 59.2 Å². The average molecular weight is 315 g/mol. The fourth-order valence-electron chi connectivity index (χ4n) is 2.28. The fourth-order valence-corrected chi connectivity index (χ4v) is 2.28. The second-order valence-corrected chi connectivity index (χ2v) is 5.11. The van der Waals surface area contributed by atoms with Crippen LogP contribution < -0.4 is 14.8 Å². The maximum absolute atomic E-state index is 10.8. The number of benzene rings is 2. The van der Waals surface area contributed by atoms with Gasteiger partial charge in [0.05, 0.1) is 19.8 Å². The van der Waals surface area contributed by atoms with Crippen molar-refractivity contribution in [3.63, 3.8) is 0 Å². The molecule has 0 unspecified atom stereocenters. The molecule has 0 amide bonds. The van der Waals surface area contributed by atoms with Crippen LogP contribution in [0.15, 0.2) is 42.5 Å². The molecule has 0 aliphatic heterocycles. The molecule has 0 spiro atoms. The van der Waals surface area contributed by atoms with E-state index in [0.717, 1.165) is 35.6 Å². The van der Waals surface area contributed by atoms with Crippen molar-refractivity contribution in [2.24, 2.45) is 0 Å². The van der Waals surface area contributed by atoms with Crippen LogP contribution in [0.5, 0.6) is 11.5 Å². The molecular formula is C18H21NO4. The molecule has 0 aromatic heterocycles. The Morgan fingerprint density at radius 3 is 2.43 bits per heavy atom. The summed E-state index contributed by atoms with van der Waals surface area (Å²) in [4.78, 5) is 10.8. The predicted octanol–water partition coefficient (Wildman–Crippen LogP) is 2.73. The summed E-state index contributed by atoms with van der Waals surface area (Å²) in [5.41, 5.74) is 2.47. The van der Waals surface area contributed by atoms with Gasteiger partial charge in [0.2, 0.25) is 0 Å². The molecule has 0 heterocycles. The van der Waals surface area contributed by atoms with E-state index >= 15 is 0 Å². The van der Waals surface area contributed by atoms with E-state index in [1.807, 2.05) is 30.3 Å². The molecule has 2 aromatic rings. The third-order valence-electron chi connectivity index (χ3n) is 3.60. The summed E-state index contributed by atoms with van der Waals surface area (Å²) < 4.78 is 10.6. The van der Waals surface area contributed by atoms with E-state index in [0.29, 0.717) is 12.1 Å². The molecule has 2 rings (SSSR count). The number of nitrogens with one attached hydrogen (secondary N) is 1. The van der Waals surface area contributed by atoms with E-state index in [4.69, 9.17) is 14.6 Å². The second kappa shape index (κ2) is 8.19. The lowest BCUT2D eigenvalue weighted by Gasteiger charge is -2.11. The number of hydrogen-bond donors (Lipinski definition) is 2. The fraction of sp³-hybridized carbons (Fsp3) is 0.278. The first-order chi connectivity index (χ1) is 11.1. The lowest BCUT2D eigenvalue weighted by molar-refractivity contribution is 0.0697. The van der Waals surface area contributed by atoms with Gasteiger partial charge in [-0.15, -0.1) is 0 Å². The van der Waals surface area contributed by atoms with Crippen LogP contribution in [0.1, 0.15) is 21.5 Å². The van der Waals surface area contributed by atoms with Crippen LogP contribution in [0.3, 0.4) is 0 Å². The third kappa shape index (κ3) is 4.72. The maximum Gasteiger partial charge on any atom is 0.335 e. The normalized spacial score (nSPS) is 10.3. The standard InChI is InChI=1S/C18H21NO4/c1-22-16-8-7-14(17(11-16)23-2)9-10-19-12-13-3-5-15(6-4-13)18(20)21/h3-8,11,19H,9-10,12H2,1-2H3,(H,20,21). The van der Waals surface area contributed by atoms with Crippen molar-refractivity contribution >= 4 is 5.97 Å². The zero-order valence-corrected chi connectivity index (χ0v) is 13.3. The second-order valence-electron chi connectivity index (χ2n) is 5.11. The molecule has 5 heteroatoms. The van der Waals surface area contributed by atoms with Gasteiger partial charge in [-0.1, -0.05) is 18.2 Å². The van der Waals surface area contributed by atoms with Crippen LogP contribution in [0, 0.1) is 0 Å². The van der Waals surface area contributed by atoms with Gasteiger partial charge in [-0.2, -0.15) is 0 Å². The molecule has 0 saturated carbocycles. The van der Waals surface area contributed by atoms with Gasteiger partial charge in [0, 0.05) is 12.6 Å². The molecule has 2 aromatic carbocycles. The highest BCUT2D eigenvalue weighted by atomic mass is 16.5. The highest BCUT2D eigenvalue weighted by Gasteiger charge is 2.05. The Labute approximate surface area is 135 Å². The molecule has 0 saturated heterocycles. The number of carboxylic acids is 1. The van der Waals surface area contributed by atoms with Gasteiger partial charge < -0.3 is 19.9 Å². The summed E-state index contributed by atoms with van der Waals surface area (Å²) in [6.07, 6.45) is 0.834. The SMILES string of the molecule is COc1ccc(CCNCc2ccc(C(=O)O)cc2)c(OC)c1. The van der Waals surface area contributed by atoms with E-state index in [-0.39, 0.29) is 0 Å². The predicted molar refractivity (Wildman–Crippen MR) is 88.4 cm³/mol. The van der Waals surface area contributed by atoms with Gasteiger partial charge >= 0.3 is 5.97 Å². The quantitative estimate of drug-likeness (QED) is 0.733. The lowest BCUT2D eigenvalue weighted by Crippen LogP contribution is -2.17. The number of carbonyl (C=O) groups is 1. The molecule has 0 aliphatic rings. The molecular weight excluding hydrogens is 294 g/mol. The number of aromatic carboxylic acids is 1. The Morgan fingerprint density at radius 2 is 1.83 bits per heavy atom. The van der Waals surface area contributed by atoms with Crippen LogP contribution in [0.2, 0.25) is 0 Å². The number of rotatable bonds is 8. The molecule has 122 valence electrons. The van der Waals surface area contributed by atoms with Gasteiger partial charge in [0.1, 0.15) is 11.5 Å². The van der Waals surface area contributed by atoms with Crippen LogP contribution in [0.4, 0.5) is 0 Å². The van der Waals surface area contributed by atoms with Crippen molar-refractivity contribution in [2.75, 3.05) is 20.8 Å². The number of methoxy groups -OCH3 is 2. The van der Waals surface area contributed by atoms with E-state index in [9.17, 15) is 4.79 Å². The Kier molecular flexibility index (Phi) is 6.00. The van der Waals surface area contributed by atoms with E-state index < -0.39 is 5.97 Å². The Bertz CT molecular complexity index is 653. The molecule has 2 N–H and O–H groups in total. The molecule has 0 fully saturated rings. The Balaban J connectivity index is 1.84. The first-order valence-corrected chi connectivity index (χ1v) is 7.38. The van der Waals surface area contributed by atoms with Crippen molar-refractivity contribution in [1.29, 1.82) is 0 Å². The van der Waals surface area contributed by atoms with E-state index in [1.54, 1.807) is 26.4 Å². The summed E-state index contributed by atoms with van der Waals surface area (Å²) in [7, 11) is 3.28. The van der Waals surface area contributed by atoms with Crippen LogP contribution in [-0.2, 0) is 13.0 Å². The third-order valence-corrected chi connectivity index (χ3v) is 3.60. The van der Waals surface area contributed by atoms with Crippen molar-refractivity contribution < 1.29 is 19.4 Å². The highest BCUT2D eigenvalue weighted by molar-refractivity contribution is 5.87. The minimum Gasteiger partial charge on any atom is -0.497 e. The average Bonchev–Trinajstić information content (AvgIpc) is 2.59. The molecule has 0 bridgehead atoms. The minimum atomic E-state index is -0.906. The van der Waals surface area contributed by atoms with E-state index in [2.05, 4.69) is 5.32 Å². The van der Waals surface area contributed by atoms with Gasteiger partial charge in [-0.3, -0.25) is 0 Å².